The molecule has 8 rings (SSSR count). The van der Waals surface area contributed by atoms with Crippen LogP contribution in [0.4, 0.5) is 4.79 Å². The Morgan fingerprint density at radius 1 is 0.769 bits per heavy atom. The molecule has 7 N–H and O–H groups in total. The lowest BCUT2D eigenvalue weighted by Gasteiger charge is -2.61. The number of aliphatic hydroxyl groups is 2. The summed E-state index contributed by atoms with van der Waals surface area (Å²) in [6.07, 6.45) is 9.17. The Kier molecular flexibility index (Phi) is 6.83. The SMILES string of the molecule is CC(C)(C)OC(=O)N[C@H](C(=O)O)C12CC3CC(CC(O)(C3)C1)C2.N[C@H](C(=O)O)C12CC3CC(CC(O)(C3)C1)C2. The Labute approximate surface area is 230 Å². The standard InChI is InChI=1S/C17H27NO5.C12H19NO3/c1-15(2,3)23-14(21)18-12(13(19)20)16-5-10-4-11(6-16)8-17(22,7-10)9-16;13-9(10(14)15)11-2-7-1-8(3-11)5-12(16,4-7)6-11/h10-12,22H,4-9H2,1-3H3,(H,18,21)(H,19,20);7-9,16H,1-6,13H2,(H,14,15)/t10?,11?,12-,16?,17?;7?,8?,9-,11?,12?/m11/s1. The number of ether oxygens (including phenoxy) is 1. The van der Waals surface area contributed by atoms with Crippen molar-refractivity contribution in [2.24, 2.45) is 40.2 Å². The highest BCUT2D eigenvalue weighted by molar-refractivity contribution is 5.81. The summed E-state index contributed by atoms with van der Waals surface area (Å²) in [5.41, 5.74) is 2.94. The van der Waals surface area contributed by atoms with Gasteiger partial charge in [-0.05, 0) is 127 Å². The van der Waals surface area contributed by atoms with Gasteiger partial charge in [0.1, 0.15) is 17.7 Å². The molecule has 39 heavy (non-hydrogen) atoms. The lowest BCUT2D eigenvalue weighted by Crippen LogP contribution is -2.64. The fraction of sp³-hybridized carbons (Fsp3) is 0.897. The van der Waals surface area contributed by atoms with E-state index in [9.17, 15) is 29.7 Å². The third-order valence-electron chi connectivity index (χ3n) is 10.6. The first-order valence-electron chi connectivity index (χ1n) is 14.6. The first-order valence-corrected chi connectivity index (χ1v) is 14.6. The molecule has 0 spiro atoms. The molecule has 0 aromatic rings. The smallest absolute Gasteiger partial charge is 0.408 e. The molecule has 0 aliphatic heterocycles. The van der Waals surface area contributed by atoms with E-state index < -0.39 is 52.3 Å². The van der Waals surface area contributed by atoms with Crippen molar-refractivity contribution in [3.05, 3.63) is 0 Å². The molecule has 8 saturated carbocycles. The summed E-state index contributed by atoms with van der Waals surface area (Å²) in [6, 6.07) is -1.81. The summed E-state index contributed by atoms with van der Waals surface area (Å²) in [5, 5.41) is 42.6. The Bertz CT molecular complexity index is 993. The Morgan fingerprint density at radius 2 is 1.18 bits per heavy atom. The largest absolute Gasteiger partial charge is 0.480 e. The molecule has 10 heteroatoms. The first kappa shape index (κ1) is 28.6. The predicted molar refractivity (Wildman–Crippen MR) is 141 cm³/mol. The minimum absolute atomic E-state index is 0.329. The number of amides is 1. The van der Waals surface area contributed by atoms with Crippen LogP contribution in [0.5, 0.6) is 0 Å². The van der Waals surface area contributed by atoms with Crippen LogP contribution in [-0.2, 0) is 14.3 Å². The van der Waals surface area contributed by atoms with Gasteiger partial charge in [-0.25, -0.2) is 9.59 Å². The fourth-order valence-corrected chi connectivity index (χ4v) is 10.4. The second kappa shape index (κ2) is 9.31. The van der Waals surface area contributed by atoms with Gasteiger partial charge in [-0.3, -0.25) is 4.79 Å². The third-order valence-corrected chi connectivity index (χ3v) is 10.6. The number of carbonyl (C=O) groups excluding carboxylic acids is 1. The molecule has 0 heterocycles. The molecule has 10 nitrogen and oxygen atoms in total. The second-order valence-corrected chi connectivity index (χ2v) is 15.3. The van der Waals surface area contributed by atoms with Crippen LogP contribution in [0.15, 0.2) is 0 Å². The lowest BCUT2D eigenvalue weighted by atomic mass is 9.46. The van der Waals surface area contributed by atoms with Crippen molar-refractivity contribution in [3.8, 4) is 0 Å². The average molecular weight is 551 g/mol. The number of alkyl carbamates (subject to hydrolysis) is 1. The maximum Gasteiger partial charge on any atom is 0.408 e. The molecule has 0 aromatic heterocycles. The summed E-state index contributed by atoms with van der Waals surface area (Å²) < 4.78 is 5.23. The molecule has 6 atom stereocenters. The minimum Gasteiger partial charge on any atom is -0.480 e. The highest BCUT2D eigenvalue weighted by Gasteiger charge is 2.62. The molecule has 1 amide bonds. The van der Waals surface area contributed by atoms with Gasteiger partial charge in [0.2, 0.25) is 0 Å². The molecule has 8 aliphatic rings. The van der Waals surface area contributed by atoms with Crippen molar-refractivity contribution in [2.45, 2.75) is 127 Å². The molecule has 0 radical (unpaired) electrons. The van der Waals surface area contributed by atoms with Crippen LogP contribution in [0, 0.1) is 34.5 Å². The molecule has 0 aromatic carbocycles. The summed E-state index contributed by atoms with van der Waals surface area (Å²) in [4.78, 5) is 35.1. The number of carbonyl (C=O) groups is 3. The number of rotatable bonds is 5. The summed E-state index contributed by atoms with van der Waals surface area (Å²) >= 11 is 0. The van der Waals surface area contributed by atoms with Gasteiger partial charge in [0, 0.05) is 5.41 Å². The fourth-order valence-electron chi connectivity index (χ4n) is 10.4. The van der Waals surface area contributed by atoms with E-state index in [0.717, 1.165) is 64.2 Å². The molecule has 220 valence electrons. The first-order chi connectivity index (χ1) is 17.9. The van der Waals surface area contributed by atoms with Crippen molar-refractivity contribution in [3.63, 3.8) is 0 Å². The van der Waals surface area contributed by atoms with E-state index in [4.69, 9.17) is 15.6 Å². The number of carboxylic acid groups (broad SMARTS) is 2. The maximum absolute atomic E-state index is 12.1. The number of carboxylic acids is 2. The Balaban J connectivity index is 0.000000168. The molecule has 4 unspecified atom stereocenters. The van der Waals surface area contributed by atoms with Crippen molar-refractivity contribution >= 4 is 18.0 Å². The molecule has 8 bridgehead atoms. The van der Waals surface area contributed by atoms with E-state index in [-0.39, 0.29) is 5.41 Å². The molecule has 8 fully saturated rings. The molecular weight excluding hydrogens is 504 g/mol. The highest BCUT2D eigenvalue weighted by Crippen LogP contribution is 2.63. The molecule has 8 aliphatic carbocycles. The van der Waals surface area contributed by atoms with Gasteiger partial charge < -0.3 is 36.2 Å². The van der Waals surface area contributed by atoms with Crippen LogP contribution >= 0.6 is 0 Å². The van der Waals surface area contributed by atoms with Crippen molar-refractivity contribution in [1.29, 1.82) is 0 Å². The van der Waals surface area contributed by atoms with E-state index in [1.54, 1.807) is 20.8 Å². The van der Waals surface area contributed by atoms with Crippen LogP contribution in [0.2, 0.25) is 0 Å². The highest BCUT2D eigenvalue weighted by atomic mass is 16.6. The Hall–Kier alpha value is -1.91. The van der Waals surface area contributed by atoms with Crippen LogP contribution in [0.25, 0.3) is 0 Å². The van der Waals surface area contributed by atoms with Gasteiger partial charge in [0.25, 0.3) is 0 Å². The van der Waals surface area contributed by atoms with Gasteiger partial charge in [0.05, 0.1) is 11.2 Å². The number of nitrogens with one attached hydrogen (secondary N) is 1. The summed E-state index contributed by atoms with van der Waals surface area (Å²) in [7, 11) is 0. The van der Waals surface area contributed by atoms with Crippen LogP contribution in [0.3, 0.4) is 0 Å². The van der Waals surface area contributed by atoms with Crippen LogP contribution < -0.4 is 11.1 Å². The van der Waals surface area contributed by atoms with Gasteiger partial charge in [-0.1, -0.05) is 0 Å². The zero-order valence-corrected chi connectivity index (χ0v) is 23.4. The zero-order chi connectivity index (χ0) is 28.6. The van der Waals surface area contributed by atoms with Gasteiger partial charge in [-0.2, -0.15) is 0 Å². The van der Waals surface area contributed by atoms with E-state index in [2.05, 4.69) is 5.32 Å². The number of hydrogen-bond acceptors (Lipinski definition) is 7. The number of nitrogens with two attached hydrogens (primary N) is 1. The third kappa shape index (κ3) is 5.53. The quantitative estimate of drug-likeness (QED) is 0.300. The van der Waals surface area contributed by atoms with E-state index in [1.165, 1.54) is 0 Å². The van der Waals surface area contributed by atoms with Gasteiger partial charge >= 0.3 is 18.0 Å². The van der Waals surface area contributed by atoms with Crippen LogP contribution in [-0.4, -0.2) is 67.3 Å². The van der Waals surface area contributed by atoms with Gasteiger partial charge in [0.15, 0.2) is 0 Å². The summed E-state index contributed by atoms with van der Waals surface area (Å²) in [5.74, 6) is -0.229. The zero-order valence-electron chi connectivity index (χ0n) is 23.4. The average Bonchev–Trinajstić information content (AvgIpc) is 2.72. The maximum atomic E-state index is 12.1. The number of hydrogen-bond donors (Lipinski definition) is 6. The molecule has 0 saturated heterocycles. The number of aliphatic carboxylic acids is 2. The van der Waals surface area contributed by atoms with E-state index in [0.29, 0.717) is 36.5 Å². The normalized spacial score (nSPS) is 44.7. The van der Waals surface area contributed by atoms with E-state index in [1.807, 2.05) is 0 Å². The van der Waals surface area contributed by atoms with E-state index >= 15 is 0 Å². The monoisotopic (exact) mass is 550 g/mol. The predicted octanol–water partition coefficient (Wildman–Crippen LogP) is 3.03. The van der Waals surface area contributed by atoms with Crippen molar-refractivity contribution in [1.82, 2.24) is 5.32 Å². The molecular formula is C29H46N2O8. The Morgan fingerprint density at radius 3 is 1.54 bits per heavy atom. The van der Waals surface area contributed by atoms with Crippen LogP contribution in [0.1, 0.15) is 97.8 Å². The topological polar surface area (TPSA) is 179 Å². The second-order valence-electron chi connectivity index (χ2n) is 15.3. The lowest BCUT2D eigenvalue weighted by molar-refractivity contribution is -0.182. The minimum atomic E-state index is -1.04. The van der Waals surface area contributed by atoms with Crippen molar-refractivity contribution in [2.75, 3.05) is 0 Å². The van der Waals surface area contributed by atoms with Crippen molar-refractivity contribution < 1.29 is 39.5 Å². The summed E-state index contributed by atoms with van der Waals surface area (Å²) in [6.45, 7) is 5.24. The van der Waals surface area contributed by atoms with Gasteiger partial charge in [-0.15, -0.1) is 0 Å².